The maximum atomic E-state index is 2.51. The van der Waals surface area contributed by atoms with E-state index in [1.165, 1.54) is 22.0 Å². The van der Waals surface area contributed by atoms with Gasteiger partial charge < -0.3 is 0 Å². The Morgan fingerprint density at radius 1 is 0.625 bits per heavy atom. The van der Waals surface area contributed by atoms with Gasteiger partial charge in [0.1, 0.15) is 0 Å². The Bertz CT molecular complexity index is 750. The molecule has 0 saturated carbocycles. The molecule has 0 heterocycles. The summed E-state index contributed by atoms with van der Waals surface area (Å²) in [4.78, 5) is 2.51. The Morgan fingerprint density at radius 3 is 1.71 bits per heavy atom. The Balaban J connectivity index is 1.68. The first-order chi connectivity index (χ1) is 11.9. The second-order valence-electron chi connectivity index (χ2n) is 5.42. The average Bonchev–Trinajstić information content (AvgIpc) is 2.67. The van der Waals surface area contributed by atoms with Gasteiger partial charge in [-0.25, -0.2) is 0 Å². The third-order valence-corrected chi connectivity index (χ3v) is 8.62. The first-order valence-corrected chi connectivity index (χ1v) is 12.3. The molecule has 0 N–H and O–H groups in total. The van der Waals surface area contributed by atoms with Crippen LogP contribution >= 0.6 is 0 Å². The molecule has 0 saturated heterocycles. The Morgan fingerprint density at radius 2 is 1.12 bits per heavy atom. The summed E-state index contributed by atoms with van der Waals surface area (Å²) in [5.41, 5.74) is 4.27. The molecular weight excluding hydrogens is 422 g/mol. The second-order valence-corrected chi connectivity index (χ2v) is 9.35. The molecule has 2 heteroatoms. The Labute approximate surface area is 157 Å². The van der Waals surface area contributed by atoms with Crippen LogP contribution in [0.4, 0.5) is 0 Å². The van der Waals surface area contributed by atoms with Crippen LogP contribution < -0.4 is 0 Å². The summed E-state index contributed by atoms with van der Waals surface area (Å²) in [6, 6.07) is 32.5. The molecule has 0 aliphatic rings. The summed E-state index contributed by atoms with van der Waals surface area (Å²) in [6.45, 7) is 0. The minimum absolute atomic E-state index is 0.473. The van der Waals surface area contributed by atoms with Gasteiger partial charge in [-0.1, -0.05) is 0 Å². The van der Waals surface area contributed by atoms with E-state index >= 15 is 0 Å². The molecule has 0 fully saturated rings. The molecule has 3 rings (SSSR count). The van der Waals surface area contributed by atoms with E-state index in [9.17, 15) is 0 Å². The van der Waals surface area contributed by atoms with Crippen molar-refractivity contribution < 1.29 is 0 Å². The fraction of sp³-hybridized carbons (Fsp3) is 0.0909. The average molecular weight is 442 g/mol. The van der Waals surface area contributed by atoms with Crippen LogP contribution in [0, 0.1) is 0 Å². The van der Waals surface area contributed by atoms with E-state index in [1.54, 1.807) is 4.47 Å². The molecule has 0 nitrogen and oxygen atoms in total. The van der Waals surface area contributed by atoms with E-state index in [0.29, 0.717) is 29.9 Å². The van der Waals surface area contributed by atoms with Crippen molar-refractivity contribution in [2.24, 2.45) is 0 Å². The van der Waals surface area contributed by atoms with Crippen molar-refractivity contribution in [1.29, 1.82) is 0 Å². The summed E-state index contributed by atoms with van der Waals surface area (Å²) in [7, 11) is 0. The molecule has 120 valence electrons. The monoisotopic (exact) mass is 444 g/mol. The van der Waals surface area contributed by atoms with E-state index in [2.05, 4.69) is 96.0 Å². The van der Waals surface area contributed by atoms with Crippen molar-refractivity contribution in [2.45, 2.75) is 10.6 Å². The second kappa shape index (κ2) is 9.67. The van der Waals surface area contributed by atoms with Gasteiger partial charge >= 0.3 is 158 Å². The molecule has 0 unspecified atom stereocenters. The van der Waals surface area contributed by atoms with Gasteiger partial charge in [0, 0.05) is 0 Å². The van der Waals surface area contributed by atoms with E-state index in [1.807, 2.05) is 0 Å². The van der Waals surface area contributed by atoms with Gasteiger partial charge in [0.2, 0.25) is 0 Å². The molecule has 3 aromatic carbocycles. The third kappa shape index (κ3) is 5.51. The third-order valence-electron chi connectivity index (χ3n) is 3.58. The number of rotatable bonds is 7. The molecule has 0 radical (unpaired) electrons. The first kappa shape index (κ1) is 17.3. The van der Waals surface area contributed by atoms with Gasteiger partial charge in [0.15, 0.2) is 0 Å². The zero-order valence-electron chi connectivity index (χ0n) is 13.5. The fourth-order valence-electron chi connectivity index (χ4n) is 2.31. The molecule has 0 aliphatic heterocycles. The SMILES string of the molecule is C(/[Se]Cc1ccccc1)=C(\[Se]Cc1ccccc1)c1ccccc1. The van der Waals surface area contributed by atoms with E-state index in [0.717, 1.165) is 5.32 Å². The molecule has 3 aromatic rings. The van der Waals surface area contributed by atoms with Crippen molar-refractivity contribution in [3.8, 4) is 0 Å². The van der Waals surface area contributed by atoms with E-state index < -0.39 is 0 Å². The van der Waals surface area contributed by atoms with Gasteiger partial charge in [-0.2, -0.15) is 0 Å². The fourth-order valence-corrected chi connectivity index (χ4v) is 7.24. The molecule has 0 atom stereocenters. The predicted molar refractivity (Wildman–Crippen MR) is 106 cm³/mol. The van der Waals surface area contributed by atoms with Crippen LogP contribution in [0.3, 0.4) is 0 Å². The summed E-state index contributed by atoms with van der Waals surface area (Å²) in [5.74, 6) is 0. The van der Waals surface area contributed by atoms with E-state index in [-0.39, 0.29) is 0 Å². The molecule has 0 bridgehead atoms. The van der Waals surface area contributed by atoms with Crippen LogP contribution in [0.25, 0.3) is 4.47 Å². The molecule has 0 spiro atoms. The number of hydrogen-bond acceptors (Lipinski definition) is 0. The van der Waals surface area contributed by atoms with Crippen molar-refractivity contribution >= 4 is 34.4 Å². The van der Waals surface area contributed by atoms with Crippen molar-refractivity contribution in [3.05, 3.63) is 113 Å². The number of hydrogen-bond donors (Lipinski definition) is 0. The van der Waals surface area contributed by atoms with Gasteiger partial charge in [-0.15, -0.1) is 0 Å². The van der Waals surface area contributed by atoms with Crippen LogP contribution in [0.1, 0.15) is 16.7 Å². The van der Waals surface area contributed by atoms with Crippen LogP contribution in [0.2, 0.25) is 0 Å². The molecular formula is C22H20Se2. The van der Waals surface area contributed by atoms with Crippen molar-refractivity contribution in [1.82, 2.24) is 0 Å². The Hall–Kier alpha value is -1.56. The number of benzene rings is 3. The normalized spacial score (nSPS) is 11.4. The molecule has 0 aliphatic carbocycles. The summed E-state index contributed by atoms with van der Waals surface area (Å²) in [5, 5.41) is 2.33. The van der Waals surface area contributed by atoms with Crippen LogP contribution in [-0.2, 0) is 10.6 Å². The van der Waals surface area contributed by atoms with Crippen molar-refractivity contribution in [3.63, 3.8) is 0 Å². The molecule has 0 amide bonds. The van der Waals surface area contributed by atoms with Crippen LogP contribution in [0.5, 0.6) is 0 Å². The van der Waals surface area contributed by atoms with Gasteiger partial charge in [-0.3, -0.25) is 0 Å². The first-order valence-electron chi connectivity index (χ1n) is 8.00. The quantitative estimate of drug-likeness (QED) is 0.462. The van der Waals surface area contributed by atoms with Gasteiger partial charge in [-0.05, 0) is 0 Å². The topological polar surface area (TPSA) is 0 Å². The van der Waals surface area contributed by atoms with Crippen LogP contribution in [-0.4, -0.2) is 29.9 Å². The zero-order chi connectivity index (χ0) is 16.5. The van der Waals surface area contributed by atoms with Gasteiger partial charge in [0.05, 0.1) is 0 Å². The van der Waals surface area contributed by atoms with Crippen LogP contribution in [0.15, 0.2) is 96.0 Å². The summed E-state index contributed by atoms with van der Waals surface area (Å²) >= 11 is 0.978. The Kier molecular flexibility index (Phi) is 6.95. The molecule has 0 aromatic heterocycles. The summed E-state index contributed by atoms with van der Waals surface area (Å²) < 4.78 is 1.54. The zero-order valence-corrected chi connectivity index (χ0v) is 16.9. The maximum absolute atomic E-state index is 2.51. The minimum atomic E-state index is 0.473. The van der Waals surface area contributed by atoms with Gasteiger partial charge in [0.25, 0.3) is 0 Å². The standard InChI is InChI=1S/C22H20Se2/c1-4-10-19(11-5-1)16-23-18-22(21-14-8-3-9-15-21)24-17-20-12-6-2-7-13-20/h1-15,18H,16-17H2/b22-18+. The van der Waals surface area contributed by atoms with Crippen molar-refractivity contribution in [2.75, 3.05) is 0 Å². The predicted octanol–water partition coefficient (Wildman–Crippen LogP) is 4.79. The van der Waals surface area contributed by atoms with E-state index in [4.69, 9.17) is 0 Å². The molecule has 24 heavy (non-hydrogen) atoms. The summed E-state index contributed by atoms with van der Waals surface area (Å²) in [6.07, 6.45) is 0.